The maximum atomic E-state index is 10.5. The van der Waals surface area contributed by atoms with Crippen molar-refractivity contribution in [3.63, 3.8) is 0 Å². The van der Waals surface area contributed by atoms with E-state index in [1.54, 1.807) is 6.07 Å². The molecule has 74 valence electrons. The maximum absolute atomic E-state index is 10.5. The molecular weight excluding hydrogens is 229 g/mol. The van der Waals surface area contributed by atoms with Gasteiger partial charge in [-0.2, -0.15) is 0 Å². The summed E-state index contributed by atoms with van der Waals surface area (Å²) in [6.07, 6.45) is 1.53. The molecule has 0 aliphatic heterocycles. The Morgan fingerprint density at radius 1 is 1.00 bits per heavy atom. The fourth-order valence-corrected chi connectivity index (χ4v) is 1.32. The molecule has 4 heteroatoms. The Morgan fingerprint density at radius 3 is 2.19 bits per heavy atom. The van der Waals surface area contributed by atoms with Crippen molar-refractivity contribution in [3.05, 3.63) is 54.4 Å². The van der Waals surface area contributed by atoms with Gasteiger partial charge < -0.3 is 9.90 Å². The van der Waals surface area contributed by atoms with Crippen LogP contribution in [0.25, 0.3) is 11.1 Å². The number of pyridine rings is 1. The molecule has 0 saturated heterocycles. The van der Waals surface area contributed by atoms with Gasteiger partial charge in [-0.3, -0.25) is 4.98 Å². The van der Waals surface area contributed by atoms with Gasteiger partial charge in [0.25, 0.3) is 0 Å². The molecular formula is C12H8KNO2. The van der Waals surface area contributed by atoms with Crippen LogP contribution in [0.4, 0.5) is 0 Å². The van der Waals surface area contributed by atoms with E-state index in [0.717, 1.165) is 11.1 Å². The zero-order valence-corrected chi connectivity index (χ0v) is 12.0. The zero-order chi connectivity index (χ0) is 10.7. The molecule has 0 spiro atoms. The summed E-state index contributed by atoms with van der Waals surface area (Å²) in [6, 6.07) is 12.8. The first kappa shape index (κ1) is 13.5. The van der Waals surface area contributed by atoms with Crippen molar-refractivity contribution in [1.82, 2.24) is 4.98 Å². The molecule has 1 heterocycles. The predicted molar refractivity (Wildman–Crippen MR) is 54.0 cm³/mol. The largest absolute Gasteiger partial charge is 1.00 e. The first-order valence-corrected chi connectivity index (χ1v) is 4.50. The fourth-order valence-electron chi connectivity index (χ4n) is 1.32. The van der Waals surface area contributed by atoms with Crippen LogP contribution in [0.2, 0.25) is 0 Å². The maximum Gasteiger partial charge on any atom is 1.00 e. The minimum atomic E-state index is -1.25. The molecule has 0 atom stereocenters. The molecule has 0 N–H and O–H groups in total. The second-order valence-corrected chi connectivity index (χ2v) is 3.09. The van der Waals surface area contributed by atoms with E-state index in [4.69, 9.17) is 0 Å². The van der Waals surface area contributed by atoms with Gasteiger partial charge in [0.1, 0.15) is 0 Å². The third kappa shape index (κ3) is 3.23. The Bertz CT molecular complexity index is 468. The van der Waals surface area contributed by atoms with E-state index < -0.39 is 5.97 Å². The number of rotatable bonds is 2. The topological polar surface area (TPSA) is 53.0 Å². The number of carboxylic acid groups (broad SMARTS) is 1. The van der Waals surface area contributed by atoms with Crippen LogP contribution in [-0.4, -0.2) is 11.0 Å². The van der Waals surface area contributed by atoms with Crippen LogP contribution in [-0.2, 0) is 0 Å². The minimum Gasteiger partial charge on any atom is -0.543 e. The molecule has 0 fully saturated rings. The van der Waals surface area contributed by atoms with E-state index in [2.05, 4.69) is 4.98 Å². The minimum absolute atomic E-state index is 0. The molecule has 16 heavy (non-hydrogen) atoms. The van der Waals surface area contributed by atoms with Gasteiger partial charge in [0.15, 0.2) is 0 Å². The number of benzene rings is 1. The molecule has 0 unspecified atom stereocenters. The number of hydrogen-bond acceptors (Lipinski definition) is 3. The normalized spacial score (nSPS) is 9.25. The van der Waals surface area contributed by atoms with Gasteiger partial charge >= 0.3 is 51.4 Å². The van der Waals surface area contributed by atoms with Gasteiger partial charge in [-0.25, -0.2) is 0 Å². The van der Waals surface area contributed by atoms with Gasteiger partial charge in [0, 0.05) is 11.8 Å². The van der Waals surface area contributed by atoms with E-state index in [0.29, 0.717) is 0 Å². The summed E-state index contributed by atoms with van der Waals surface area (Å²) in [4.78, 5) is 14.3. The Balaban J connectivity index is 0.00000128. The van der Waals surface area contributed by atoms with E-state index in [-0.39, 0.29) is 57.1 Å². The third-order valence-corrected chi connectivity index (χ3v) is 2.08. The summed E-state index contributed by atoms with van der Waals surface area (Å²) in [5.41, 5.74) is 1.85. The Hall–Kier alpha value is -0.524. The zero-order valence-electron chi connectivity index (χ0n) is 8.88. The van der Waals surface area contributed by atoms with Crippen molar-refractivity contribution in [2.45, 2.75) is 0 Å². The van der Waals surface area contributed by atoms with Gasteiger partial charge in [0.2, 0.25) is 0 Å². The number of carboxylic acids is 1. The quantitative estimate of drug-likeness (QED) is 0.574. The van der Waals surface area contributed by atoms with Crippen LogP contribution in [0.3, 0.4) is 0 Å². The molecule has 0 saturated carbocycles. The second-order valence-electron chi connectivity index (χ2n) is 3.09. The summed E-state index contributed by atoms with van der Waals surface area (Å²) in [6.45, 7) is 0. The molecule has 0 amide bonds. The number of carbonyl (C=O) groups is 1. The van der Waals surface area contributed by atoms with Crippen LogP contribution in [0.5, 0.6) is 0 Å². The Kier molecular flexibility index (Phi) is 5.31. The summed E-state index contributed by atoms with van der Waals surface area (Å²) >= 11 is 0. The Labute approximate surface area is 136 Å². The van der Waals surface area contributed by atoms with Crippen molar-refractivity contribution in [3.8, 4) is 11.1 Å². The second kappa shape index (κ2) is 6.27. The number of aromatic carboxylic acids is 1. The first-order chi connectivity index (χ1) is 7.27. The van der Waals surface area contributed by atoms with Crippen molar-refractivity contribution in [1.29, 1.82) is 0 Å². The first-order valence-electron chi connectivity index (χ1n) is 4.50. The molecule has 0 radical (unpaired) electrons. The summed E-state index contributed by atoms with van der Waals surface area (Å²) in [7, 11) is 0. The molecule has 0 bridgehead atoms. The van der Waals surface area contributed by atoms with E-state index in [1.807, 2.05) is 30.3 Å². The van der Waals surface area contributed by atoms with E-state index >= 15 is 0 Å². The molecule has 1 aromatic heterocycles. The smallest absolute Gasteiger partial charge is 0.543 e. The number of nitrogens with zero attached hydrogens (tertiary/aromatic N) is 1. The summed E-state index contributed by atoms with van der Waals surface area (Å²) in [5, 5.41) is 10.5. The molecule has 0 aliphatic carbocycles. The number of carbonyl (C=O) groups excluding carboxylic acids is 1. The fraction of sp³-hybridized carbons (Fsp3) is 0. The van der Waals surface area contributed by atoms with Gasteiger partial charge in [-0.05, 0) is 11.6 Å². The van der Waals surface area contributed by atoms with Crippen LogP contribution < -0.4 is 56.5 Å². The van der Waals surface area contributed by atoms with Crippen LogP contribution >= 0.6 is 0 Å². The van der Waals surface area contributed by atoms with Crippen molar-refractivity contribution < 1.29 is 61.3 Å². The average molecular weight is 237 g/mol. The van der Waals surface area contributed by atoms with Gasteiger partial charge in [-0.1, -0.05) is 36.4 Å². The third-order valence-electron chi connectivity index (χ3n) is 2.08. The SMILES string of the molecule is O=C([O-])c1ccc(-c2ccccc2)cn1.[K+]. The number of hydrogen-bond donors (Lipinski definition) is 0. The van der Waals surface area contributed by atoms with E-state index in [1.165, 1.54) is 12.3 Å². The van der Waals surface area contributed by atoms with Crippen molar-refractivity contribution in [2.75, 3.05) is 0 Å². The standard InChI is InChI=1S/C12H9NO2.K/c14-12(15)11-7-6-10(8-13-11)9-4-2-1-3-5-9;/h1-8H,(H,14,15);/q;+1/p-1. The van der Waals surface area contributed by atoms with Crippen LogP contribution in [0, 0.1) is 0 Å². The average Bonchev–Trinajstić information content (AvgIpc) is 2.30. The Morgan fingerprint density at radius 2 is 1.69 bits per heavy atom. The monoisotopic (exact) mass is 237 g/mol. The molecule has 1 aromatic carbocycles. The molecule has 2 aromatic rings. The predicted octanol–water partition coefficient (Wildman–Crippen LogP) is -1.88. The van der Waals surface area contributed by atoms with E-state index in [9.17, 15) is 9.90 Å². The summed E-state index contributed by atoms with van der Waals surface area (Å²) in [5.74, 6) is -1.25. The van der Waals surface area contributed by atoms with Crippen LogP contribution in [0.1, 0.15) is 10.5 Å². The van der Waals surface area contributed by atoms with Crippen LogP contribution in [0.15, 0.2) is 48.7 Å². The summed E-state index contributed by atoms with van der Waals surface area (Å²) < 4.78 is 0. The number of aromatic nitrogens is 1. The van der Waals surface area contributed by atoms with Gasteiger partial charge in [-0.15, -0.1) is 0 Å². The van der Waals surface area contributed by atoms with Crippen molar-refractivity contribution >= 4 is 5.97 Å². The van der Waals surface area contributed by atoms with Gasteiger partial charge in [0.05, 0.1) is 11.7 Å². The molecule has 0 aliphatic rings. The molecule has 2 rings (SSSR count). The van der Waals surface area contributed by atoms with Crippen molar-refractivity contribution in [2.24, 2.45) is 0 Å². The molecule has 3 nitrogen and oxygen atoms in total.